The molecule has 1 aromatic carbocycles. The minimum Gasteiger partial charge on any atom is -0.453 e. The Bertz CT molecular complexity index is 447. The lowest BCUT2D eigenvalue weighted by Crippen LogP contribution is -2.64. The molecule has 0 saturated heterocycles. The molecular formula is C13H16O7. The molecular weight excluding hydrogens is 268 g/mol. The second-order valence-electron chi connectivity index (χ2n) is 4.69. The third-order valence-corrected chi connectivity index (χ3v) is 3.33. The number of aliphatic hydroxyl groups is 5. The average Bonchev–Trinajstić information content (AvgIpc) is 2.48. The largest absolute Gasteiger partial charge is 0.453 e. The Morgan fingerprint density at radius 3 is 1.75 bits per heavy atom. The van der Waals surface area contributed by atoms with Gasteiger partial charge < -0.3 is 30.3 Å². The molecule has 6 atom stereocenters. The standard InChI is InChI=1S/C13H16O7/c14-7-8(15)10(17)12(11(18)9(7)16)20-13(19)6-4-2-1-3-5-6/h1-5,7-12,14-18H/t7?,8-,9-,10-,11+,12?/m0/s1. The van der Waals surface area contributed by atoms with Crippen LogP contribution in [-0.4, -0.2) is 68.1 Å². The fourth-order valence-corrected chi connectivity index (χ4v) is 2.10. The number of hydrogen-bond acceptors (Lipinski definition) is 7. The minimum atomic E-state index is -1.72. The number of esters is 1. The molecule has 110 valence electrons. The lowest BCUT2D eigenvalue weighted by atomic mass is 9.85. The van der Waals surface area contributed by atoms with E-state index in [1.807, 2.05) is 0 Å². The molecule has 0 amide bonds. The van der Waals surface area contributed by atoms with Gasteiger partial charge in [-0.15, -0.1) is 0 Å². The van der Waals surface area contributed by atoms with E-state index in [4.69, 9.17) is 4.74 Å². The molecule has 1 saturated carbocycles. The van der Waals surface area contributed by atoms with E-state index in [-0.39, 0.29) is 5.56 Å². The van der Waals surface area contributed by atoms with E-state index >= 15 is 0 Å². The zero-order valence-electron chi connectivity index (χ0n) is 10.4. The van der Waals surface area contributed by atoms with Crippen LogP contribution in [0.15, 0.2) is 30.3 Å². The Morgan fingerprint density at radius 2 is 1.25 bits per heavy atom. The van der Waals surface area contributed by atoms with Crippen LogP contribution in [0.3, 0.4) is 0 Å². The van der Waals surface area contributed by atoms with Gasteiger partial charge in [-0.05, 0) is 12.1 Å². The van der Waals surface area contributed by atoms with Gasteiger partial charge in [0.1, 0.15) is 30.5 Å². The summed E-state index contributed by atoms with van der Waals surface area (Å²) >= 11 is 0. The van der Waals surface area contributed by atoms with Gasteiger partial charge in [0.15, 0.2) is 6.10 Å². The van der Waals surface area contributed by atoms with Crippen molar-refractivity contribution < 1.29 is 35.1 Å². The molecule has 1 aromatic rings. The lowest BCUT2D eigenvalue weighted by Gasteiger charge is -2.41. The van der Waals surface area contributed by atoms with Gasteiger partial charge in [0, 0.05) is 0 Å². The normalized spacial score (nSPS) is 37.5. The summed E-state index contributed by atoms with van der Waals surface area (Å²) in [4.78, 5) is 11.8. The molecule has 5 N–H and O–H groups in total. The molecule has 0 bridgehead atoms. The van der Waals surface area contributed by atoms with Crippen LogP contribution < -0.4 is 0 Å². The van der Waals surface area contributed by atoms with Crippen LogP contribution in [-0.2, 0) is 4.74 Å². The highest BCUT2D eigenvalue weighted by Gasteiger charge is 2.50. The van der Waals surface area contributed by atoms with Gasteiger partial charge >= 0.3 is 5.97 Å². The summed E-state index contributed by atoms with van der Waals surface area (Å²) in [5.41, 5.74) is 0.196. The number of benzene rings is 1. The smallest absolute Gasteiger partial charge is 0.338 e. The van der Waals surface area contributed by atoms with Crippen molar-refractivity contribution >= 4 is 5.97 Å². The first kappa shape index (κ1) is 14.9. The van der Waals surface area contributed by atoms with Gasteiger partial charge in [0.05, 0.1) is 5.56 Å². The van der Waals surface area contributed by atoms with Crippen molar-refractivity contribution in [3.05, 3.63) is 35.9 Å². The lowest BCUT2D eigenvalue weighted by molar-refractivity contribution is -0.223. The van der Waals surface area contributed by atoms with Crippen LogP contribution in [0.4, 0.5) is 0 Å². The molecule has 1 aliphatic rings. The molecule has 20 heavy (non-hydrogen) atoms. The maximum absolute atomic E-state index is 11.8. The number of ether oxygens (including phenoxy) is 1. The Kier molecular flexibility index (Phi) is 4.36. The quantitative estimate of drug-likeness (QED) is 0.399. The molecule has 0 aromatic heterocycles. The second kappa shape index (κ2) is 5.86. The van der Waals surface area contributed by atoms with Crippen molar-refractivity contribution in [3.63, 3.8) is 0 Å². The summed E-state index contributed by atoms with van der Waals surface area (Å²) in [6.07, 6.45) is -10.1. The van der Waals surface area contributed by atoms with Crippen LogP contribution in [0.1, 0.15) is 10.4 Å². The van der Waals surface area contributed by atoms with E-state index < -0.39 is 42.6 Å². The fraction of sp³-hybridized carbons (Fsp3) is 0.462. The molecule has 7 nitrogen and oxygen atoms in total. The summed E-state index contributed by atoms with van der Waals surface area (Å²) in [5, 5.41) is 47.9. The van der Waals surface area contributed by atoms with E-state index in [1.54, 1.807) is 18.2 Å². The van der Waals surface area contributed by atoms with Crippen molar-refractivity contribution in [2.75, 3.05) is 0 Å². The third kappa shape index (κ3) is 2.67. The summed E-state index contributed by atoms with van der Waals surface area (Å²) in [5.74, 6) is -0.815. The van der Waals surface area contributed by atoms with Crippen LogP contribution in [0.2, 0.25) is 0 Å². The minimum absolute atomic E-state index is 0.196. The molecule has 0 heterocycles. The Hall–Kier alpha value is -1.51. The summed E-state index contributed by atoms with van der Waals surface area (Å²) in [6, 6.07) is 7.87. The van der Waals surface area contributed by atoms with Crippen molar-refractivity contribution in [3.8, 4) is 0 Å². The Morgan fingerprint density at radius 1 is 0.800 bits per heavy atom. The second-order valence-corrected chi connectivity index (χ2v) is 4.69. The van der Waals surface area contributed by atoms with Crippen LogP contribution in [0.25, 0.3) is 0 Å². The van der Waals surface area contributed by atoms with E-state index in [1.165, 1.54) is 12.1 Å². The molecule has 1 aliphatic carbocycles. The first-order valence-corrected chi connectivity index (χ1v) is 6.10. The van der Waals surface area contributed by atoms with E-state index in [0.29, 0.717) is 0 Å². The highest BCUT2D eigenvalue weighted by Crippen LogP contribution is 2.24. The van der Waals surface area contributed by atoms with Crippen LogP contribution in [0.5, 0.6) is 0 Å². The van der Waals surface area contributed by atoms with E-state index in [2.05, 4.69) is 0 Å². The zero-order chi connectivity index (χ0) is 14.9. The maximum Gasteiger partial charge on any atom is 0.338 e. The number of aliphatic hydroxyl groups excluding tert-OH is 5. The predicted molar refractivity (Wildman–Crippen MR) is 65.7 cm³/mol. The van der Waals surface area contributed by atoms with Crippen molar-refractivity contribution in [2.24, 2.45) is 0 Å². The average molecular weight is 284 g/mol. The number of carbonyl (C=O) groups is 1. The van der Waals surface area contributed by atoms with Gasteiger partial charge in [-0.3, -0.25) is 0 Å². The molecule has 0 radical (unpaired) electrons. The monoisotopic (exact) mass is 284 g/mol. The molecule has 7 heteroatoms. The molecule has 0 aliphatic heterocycles. The van der Waals surface area contributed by atoms with Gasteiger partial charge in [-0.25, -0.2) is 4.79 Å². The van der Waals surface area contributed by atoms with Crippen molar-refractivity contribution in [1.29, 1.82) is 0 Å². The van der Waals surface area contributed by atoms with Crippen LogP contribution in [0, 0.1) is 0 Å². The number of hydrogen-bond donors (Lipinski definition) is 5. The highest BCUT2D eigenvalue weighted by atomic mass is 16.6. The first-order chi connectivity index (χ1) is 9.43. The molecule has 2 unspecified atom stereocenters. The van der Waals surface area contributed by atoms with Gasteiger partial charge in [0.25, 0.3) is 0 Å². The number of carbonyl (C=O) groups excluding carboxylic acids is 1. The van der Waals surface area contributed by atoms with Gasteiger partial charge in [-0.1, -0.05) is 18.2 Å². The van der Waals surface area contributed by atoms with E-state index in [0.717, 1.165) is 0 Å². The van der Waals surface area contributed by atoms with Gasteiger partial charge in [0.2, 0.25) is 0 Å². The maximum atomic E-state index is 11.8. The van der Waals surface area contributed by atoms with Crippen molar-refractivity contribution in [1.82, 2.24) is 0 Å². The summed E-state index contributed by atoms with van der Waals surface area (Å²) in [7, 11) is 0. The summed E-state index contributed by atoms with van der Waals surface area (Å²) in [6.45, 7) is 0. The topological polar surface area (TPSA) is 127 Å². The Balaban J connectivity index is 2.13. The zero-order valence-corrected chi connectivity index (χ0v) is 10.4. The Labute approximate surface area is 114 Å². The van der Waals surface area contributed by atoms with Crippen molar-refractivity contribution in [2.45, 2.75) is 36.6 Å². The SMILES string of the molecule is O=C(OC1[C@@H](O)[C@@H](O)C(O)[C@H](O)[C@H]1O)c1ccccc1. The highest BCUT2D eigenvalue weighted by molar-refractivity contribution is 5.89. The number of rotatable bonds is 2. The molecule has 1 fully saturated rings. The fourth-order valence-electron chi connectivity index (χ4n) is 2.10. The predicted octanol–water partition coefficient (Wildman–Crippen LogP) is -1.97. The molecule has 0 spiro atoms. The summed E-state index contributed by atoms with van der Waals surface area (Å²) < 4.78 is 4.92. The van der Waals surface area contributed by atoms with Gasteiger partial charge in [-0.2, -0.15) is 0 Å². The van der Waals surface area contributed by atoms with E-state index in [9.17, 15) is 30.3 Å². The molecule has 2 rings (SSSR count). The first-order valence-electron chi connectivity index (χ1n) is 6.10. The third-order valence-electron chi connectivity index (χ3n) is 3.33. The van der Waals surface area contributed by atoms with Crippen LogP contribution >= 0.6 is 0 Å².